The Balaban J connectivity index is 2.91. The predicted octanol–water partition coefficient (Wildman–Crippen LogP) is 2.94. The SMILES string of the molecule is CC(C)(C)CS(=O)(=O)Cc1ncc(Br)cc1F. The second-order valence-electron chi connectivity index (χ2n) is 5.17. The molecule has 0 aliphatic carbocycles. The second-order valence-corrected chi connectivity index (χ2v) is 8.16. The fraction of sp³-hybridized carbons (Fsp3) is 0.545. The van der Waals surface area contributed by atoms with Crippen LogP contribution < -0.4 is 0 Å². The third kappa shape index (κ3) is 5.12. The van der Waals surface area contributed by atoms with Crippen LogP contribution in [0.3, 0.4) is 0 Å². The molecular weight excluding hydrogens is 309 g/mol. The molecule has 0 spiro atoms. The van der Waals surface area contributed by atoms with Crippen LogP contribution in [-0.2, 0) is 15.6 Å². The van der Waals surface area contributed by atoms with Crippen LogP contribution in [0.1, 0.15) is 26.5 Å². The van der Waals surface area contributed by atoms with Gasteiger partial charge in [0.05, 0.1) is 17.2 Å². The smallest absolute Gasteiger partial charge is 0.156 e. The maximum absolute atomic E-state index is 13.5. The van der Waals surface area contributed by atoms with Crippen molar-refractivity contribution in [3.05, 3.63) is 28.2 Å². The van der Waals surface area contributed by atoms with Crippen molar-refractivity contribution in [1.29, 1.82) is 0 Å². The first kappa shape index (κ1) is 14.6. The van der Waals surface area contributed by atoms with E-state index in [-0.39, 0.29) is 22.6 Å². The zero-order chi connectivity index (χ0) is 13.3. The number of hydrogen-bond acceptors (Lipinski definition) is 3. The van der Waals surface area contributed by atoms with Gasteiger partial charge in [0.15, 0.2) is 9.84 Å². The predicted molar refractivity (Wildman–Crippen MR) is 68.8 cm³/mol. The molecule has 0 radical (unpaired) electrons. The molecule has 0 aliphatic rings. The standard InChI is InChI=1S/C11H15BrFNO2S/c1-11(2,3)7-17(15,16)6-10-9(13)4-8(12)5-14-10/h4-5H,6-7H2,1-3H3. The van der Waals surface area contributed by atoms with Crippen molar-refractivity contribution in [2.45, 2.75) is 26.5 Å². The maximum atomic E-state index is 13.5. The van der Waals surface area contributed by atoms with E-state index in [1.807, 2.05) is 20.8 Å². The molecule has 0 aliphatic heterocycles. The summed E-state index contributed by atoms with van der Waals surface area (Å²) in [6, 6.07) is 1.22. The molecule has 0 unspecified atom stereocenters. The van der Waals surface area contributed by atoms with Crippen LogP contribution in [0.15, 0.2) is 16.7 Å². The zero-order valence-electron chi connectivity index (χ0n) is 10.00. The summed E-state index contributed by atoms with van der Waals surface area (Å²) < 4.78 is 37.6. The molecule has 0 saturated carbocycles. The second kappa shape index (κ2) is 5.02. The van der Waals surface area contributed by atoms with E-state index in [2.05, 4.69) is 20.9 Å². The van der Waals surface area contributed by atoms with Crippen LogP contribution in [0, 0.1) is 11.2 Å². The first-order valence-corrected chi connectivity index (χ1v) is 7.71. The van der Waals surface area contributed by atoms with Crippen molar-refractivity contribution >= 4 is 25.8 Å². The number of halogens is 2. The van der Waals surface area contributed by atoms with E-state index in [0.29, 0.717) is 4.47 Å². The Labute approximate surface area is 109 Å². The average Bonchev–Trinajstić information content (AvgIpc) is 2.05. The van der Waals surface area contributed by atoms with Crippen molar-refractivity contribution in [3.8, 4) is 0 Å². The Morgan fingerprint density at radius 3 is 2.47 bits per heavy atom. The highest BCUT2D eigenvalue weighted by atomic mass is 79.9. The molecule has 0 saturated heterocycles. The van der Waals surface area contributed by atoms with Crippen molar-refractivity contribution < 1.29 is 12.8 Å². The van der Waals surface area contributed by atoms with Crippen LogP contribution in [-0.4, -0.2) is 19.2 Å². The molecule has 1 aromatic heterocycles. The van der Waals surface area contributed by atoms with Gasteiger partial charge in [-0.05, 0) is 27.4 Å². The summed E-state index contributed by atoms with van der Waals surface area (Å²) in [6.07, 6.45) is 1.39. The van der Waals surface area contributed by atoms with E-state index in [4.69, 9.17) is 0 Å². The number of hydrogen-bond donors (Lipinski definition) is 0. The lowest BCUT2D eigenvalue weighted by molar-refractivity contribution is 0.461. The fourth-order valence-corrected chi connectivity index (χ4v) is 3.82. The lowest BCUT2D eigenvalue weighted by Gasteiger charge is -2.17. The molecule has 17 heavy (non-hydrogen) atoms. The molecule has 6 heteroatoms. The molecule has 0 bridgehead atoms. The van der Waals surface area contributed by atoms with Crippen LogP contribution in [0.25, 0.3) is 0 Å². The summed E-state index contributed by atoms with van der Waals surface area (Å²) in [7, 11) is -3.35. The minimum Gasteiger partial charge on any atom is -0.256 e. The number of pyridine rings is 1. The fourth-order valence-electron chi connectivity index (χ4n) is 1.47. The highest BCUT2D eigenvalue weighted by molar-refractivity contribution is 9.10. The Hall–Kier alpha value is -0.490. The Morgan fingerprint density at radius 1 is 1.41 bits per heavy atom. The molecule has 0 atom stereocenters. The minimum atomic E-state index is -3.35. The van der Waals surface area contributed by atoms with Crippen LogP contribution in [0.2, 0.25) is 0 Å². The van der Waals surface area contributed by atoms with Crippen molar-refractivity contribution in [2.24, 2.45) is 5.41 Å². The number of rotatable bonds is 3. The van der Waals surface area contributed by atoms with Crippen molar-refractivity contribution in [2.75, 3.05) is 5.75 Å². The normalized spacial score (nSPS) is 12.8. The van der Waals surface area contributed by atoms with Crippen molar-refractivity contribution in [3.63, 3.8) is 0 Å². The largest absolute Gasteiger partial charge is 0.256 e. The first-order chi connectivity index (χ1) is 7.59. The summed E-state index contributed by atoms with van der Waals surface area (Å²) in [5, 5.41) is 0. The molecule has 3 nitrogen and oxygen atoms in total. The third-order valence-electron chi connectivity index (χ3n) is 1.89. The highest BCUT2D eigenvalue weighted by Gasteiger charge is 2.23. The lowest BCUT2D eigenvalue weighted by atomic mass is 10.0. The maximum Gasteiger partial charge on any atom is 0.156 e. The van der Waals surface area contributed by atoms with Gasteiger partial charge in [0.1, 0.15) is 5.82 Å². The summed E-state index contributed by atoms with van der Waals surface area (Å²) in [5.74, 6) is -0.947. The lowest BCUT2D eigenvalue weighted by Crippen LogP contribution is -2.22. The van der Waals surface area contributed by atoms with Gasteiger partial charge in [0.25, 0.3) is 0 Å². The Bertz CT molecular complexity index is 509. The third-order valence-corrected chi connectivity index (χ3v) is 4.35. The topological polar surface area (TPSA) is 47.0 Å². The van der Waals surface area contributed by atoms with Gasteiger partial charge in [0.2, 0.25) is 0 Å². The number of sulfone groups is 1. The molecule has 0 aromatic carbocycles. The van der Waals surface area contributed by atoms with Crippen LogP contribution in [0.5, 0.6) is 0 Å². The van der Waals surface area contributed by atoms with E-state index in [0.717, 1.165) is 0 Å². The van der Waals surface area contributed by atoms with E-state index >= 15 is 0 Å². The van der Waals surface area contributed by atoms with Gasteiger partial charge in [0, 0.05) is 10.7 Å². The van der Waals surface area contributed by atoms with Gasteiger partial charge in [-0.25, -0.2) is 12.8 Å². The van der Waals surface area contributed by atoms with E-state index in [1.165, 1.54) is 12.3 Å². The van der Waals surface area contributed by atoms with Gasteiger partial charge in [-0.15, -0.1) is 0 Å². The van der Waals surface area contributed by atoms with Gasteiger partial charge in [-0.3, -0.25) is 4.98 Å². The monoisotopic (exact) mass is 323 g/mol. The summed E-state index contributed by atoms with van der Waals surface area (Å²) in [6.45, 7) is 5.49. The Kier molecular flexibility index (Phi) is 4.30. The summed E-state index contributed by atoms with van der Waals surface area (Å²) in [4.78, 5) is 3.79. The van der Waals surface area contributed by atoms with Gasteiger partial charge >= 0.3 is 0 Å². The molecule has 96 valence electrons. The van der Waals surface area contributed by atoms with Crippen LogP contribution >= 0.6 is 15.9 Å². The number of aromatic nitrogens is 1. The summed E-state index contributed by atoms with van der Waals surface area (Å²) >= 11 is 3.07. The minimum absolute atomic E-state index is 0.0111. The van der Waals surface area contributed by atoms with E-state index in [1.54, 1.807) is 0 Å². The molecule has 1 heterocycles. The van der Waals surface area contributed by atoms with Gasteiger partial charge in [-0.1, -0.05) is 20.8 Å². The van der Waals surface area contributed by atoms with Gasteiger partial charge in [-0.2, -0.15) is 0 Å². The van der Waals surface area contributed by atoms with Crippen LogP contribution in [0.4, 0.5) is 4.39 Å². The average molecular weight is 324 g/mol. The van der Waals surface area contributed by atoms with E-state index in [9.17, 15) is 12.8 Å². The molecular formula is C11H15BrFNO2S. The molecule has 1 rings (SSSR count). The summed E-state index contributed by atoms with van der Waals surface area (Å²) in [5.41, 5.74) is -0.373. The number of nitrogens with zero attached hydrogens (tertiary/aromatic N) is 1. The molecule has 0 N–H and O–H groups in total. The Morgan fingerprint density at radius 2 is 2.00 bits per heavy atom. The quantitative estimate of drug-likeness (QED) is 0.859. The molecule has 1 aromatic rings. The highest BCUT2D eigenvalue weighted by Crippen LogP contribution is 2.20. The molecule has 0 fully saturated rings. The first-order valence-electron chi connectivity index (χ1n) is 5.09. The zero-order valence-corrected chi connectivity index (χ0v) is 12.4. The van der Waals surface area contributed by atoms with Crippen molar-refractivity contribution in [1.82, 2.24) is 4.98 Å². The van der Waals surface area contributed by atoms with Gasteiger partial charge < -0.3 is 0 Å². The molecule has 0 amide bonds. The van der Waals surface area contributed by atoms with E-state index < -0.39 is 15.7 Å².